The van der Waals surface area contributed by atoms with Gasteiger partial charge >= 0.3 is 0 Å². The zero-order valence-corrected chi connectivity index (χ0v) is 9.39. The maximum atomic E-state index is 11.3. The summed E-state index contributed by atoms with van der Waals surface area (Å²) in [6, 6.07) is 0.0687. The normalized spacial score (nSPS) is 28.6. The SMILES string of the molecule is CC[C@@H](CO)NC1CCCS(=O)(=O)C1. The number of hydrogen-bond donors (Lipinski definition) is 2. The predicted molar refractivity (Wildman–Crippen MR) is 56.0 cm³/mol. The van der Waals surface area contributed by atoms with E-state index < -0.39 is 9.84 Å². The van der Waals surface area contributed by atoms with E-state index in [4.69, 9.17) is 5.11 Å². The Balaban J connectivity index is 2.45. The van der Waals surface area contributed by atoms with Crippen LogP contribution in [0.25, 0.3) is 0 Å². The zero-order valence-electron chi connectivity index (χ0n) is 8.57. The highest BCUT2D eigenvalue weighted by Gasteiger charge is 2.25. The number of hydrogen-bond acceptors (Lipinski definition) is 4. The van der Waals surface area contributed by atoms with E-state index in [0.717, 1.165) is 19.3 Å². The van der Waals surface area contributed by atoms with Gasteiger partial charge in [-0.25, -0.2) is 8.42 Å². The van der Waals surface area contributed by atoms with Gasteiger partial charge < -0.3 is 10.4 Å². The van der Waals surface area contributed by atoms with Crippen molar-refractivity contribution in [1.82, 2.24) is 5.32 Å². The first-order valence-electron chi connectivity index (χ1n) is 5.14. The minimum Gasteiger partial charge on any atom is -0.395 e. The van der Waals surface area contributed by atoms with Gasteiger partial charge in [0.25, 0.3) is 0 Å². The number of rotatable bonds is 4. The van der Waals surface area contributed by atoms with Crippen molar-refractivity contribution < 1.29 is 13.5 Å². The molecule has 14 heavy (non-hydrogen) atoms. The van der Waals surface area contributed by atoms with Crippen LogP contribution in [-0.2, 0) is 9.84 Å². The van der Waals surface area contributed by atoms with Crippen molar-refractivity contribution in [3.05, 3.63) is 0 Å². The topological polar surface area (TPSA) is 66.4 Å². The van der Waals surface area contributed by atoms with Crippen molar-refractivity contribution in [1.29, 1.82) is 0 Å². The van der Waals surface area contributed by atoms with Crippen molar-refractivity contribution >= 4 is 9.84 Å². The summed E-state index contributed by atoms with van der Waals surface area (Å²) in [6.07, 6.45) is 2.46. The minimum absolute atomic E-state index is 0.0332. The van der Waals surface area contributed by atoms with Gasteiger partial charge in [0, 0.05) is 12.1 Å². The number of sulfone groups is 1. The molecule has 1 fully saturated rings. The van der Waals surface area contributed by atoms with Gasteiger partial charge in [0.2, 0.25) is 0 Å². The Bertz CT molecular complexity index is 259. The zero-order chi connectivity index (χ0) is 10.6. The molecule has 1 heterocycles. The van der Waals surface area contributed by atoms with Crippen LogP contribution in [0.1, 0.15) is 26.2 Å². The molecule has 1 unspecified atom stereocenters. The van der Waals surface area contributed by atoms with Crippen molar-refractivity contribution in [2.45, 2.75) is 38.3 Å². The van der Waals surface area contributed by atoms with Gasteiger partial charge in [-0.3, -0.25) is 0 Å². The lowest BCUT2D eigenvalue weighted by Crippen LogP contribution is -2.46. The van der Waals surface area contributed by atoms with E-state index in [1.807, 2.05) is 6.92 Å². The summed E-state index contributed by atoms with van der Waals surface area (Å²) in [4.78, 5) is 0. The quantitative estimate of drug-likeness (QED) is 0.697. The van der Waals surface area contributed by atoms with Crippen molar-refractivity contribution in [2.75, 3.05) is 18.1 Å². The molecule has 4 nitrogen and oxygen atoms in total. The third-order valence-electron chi connectivity index (χ3n) is 2.65. The molecule has 2 N–H and O–H groups in total. The Labute approximate surface area is 85.6 Å². The molecule has 1 aliphatic rings. The molecule has 0 aromatic rings. The highest BCUT2D eigenvalue weighted by atomic mass is 32.2. The summed E-state index contributed by atoms with van der Waals surface area (Å²) >= 11 is 0. The van der Waals surface area contributed by atoms with Crippen LogP contribution in [0.5, 0.6) is 0 Å². The number of aliphatic hydroxyl groups excluding tert-OH is 1. The van der Waals surface area contributed by atoms with Crippen molar-refractivity contribution in [2.24, 2.45) is 0 Å². The van der Waals surface area contributed by atoms with Crippen molar-refractivity contribution in [3.8, 4) is 0 Å². The molecule has 0 amide bonds. The number of aliphatic hydroxyl groups is 1. The average Bonchev–Trinajstić information content (AvgIpc) is 2.12. The molecule has 2 atom stereocenters. The highest BCUT2D eigenvalue weighted by molar-refractivity contribution is 7.91. The van der Waals surface area contributed by atoms with Crippen LogP contribution in [-0.4, -0.2) is 43.7 Å². The predicted octanol–water partition coefficient (Wildman–Crippen LogP) is -0.0759. The lowest BCUT2D eigenvalue weighted by atomic mass is 10.1. The first-order chi connectivity index (χ1) is 6.57. The molecule has 0 spiro atoms. The maximum Gasteiger partial charge on any atom is 0.151 e. The Morgan fingerprint density at radius 2 is 2.29 bits per heavy atom. The summed E-state index contributed by atoms with van der Waals surface area (Å²) in [5.74, 6) is 0.546. The summed E-state index contributed by atoms with van der Waals surface area (Å²) in [5, 5.41) is 12.2. The molecule has 84 valence electrons. The van der Waals surface area contributed by atoms with Gasteiger partial charge in [0.15, 0.2) is 9.84 Å². The molecular formula is C9H19NO3S. The van der Waals surface area contributed by atoms with E-state index in [0.29, 0.717) is 5.75 Å². The molecule has 1 saturated heterocycles. The van der Waals surface area contributed by atoms with Crippen LogP contribution in [0.2, 0.25) is 0 Å². The fraction of sp³-hybridized carbons (Fsp3) is 1.00. The van der Waals surface area contributed by atoms with Crippen LogP contribution >= 0.6 is 0 Å². The summed E-state index contributed by atoms with van der Waals surface area (Å²) < 4.78 is 22.6. The Hall–Kier alpha value is -0.130. The van der Waals surface area contributed by atoms with Gasteiger partial charge in [-0.05, 0) is 19.3 Å². The molecule has 1 aliphatic heterocycles. The Morgan fingerprint density at radius 3 is 2.79 bits per heavy atom. The molecule has 0 saturated carbocycles. The smallest absolute Gasteiger partial charge is 0.151 e. The minimum atomic E-state index is -2.84. The lowest BCUT2D eigenvalue weighted by Gasteiger charge is -2.26. The fourth-order valence-electron chi connectivity index (χ4n) is 1.79. The molecule has 0 bridgehead atoms. The first-order valence-corrected chi connectivity index (χ1v) is 6.97. The monoisotopic (exact) mass is 221 g/mol. The second kappa shape index (κ2) is 5.09. The molecular weight excluding hydrogens is 202 g/mol. The van der Waals surface area contributed by atoms with E-state index in [-0.39, 0.29) is 24.4 Å². The lowest BCUT2D eigenvalue weighted by molar-refractivity contribution is 0.227. The number of nitrogens with one attached hydrogen (secondary N) is 1. The van der Waals surface area contributed by atoms with Gasteiger partial charge in [-0.2, -0.15) is 0 Å². The van der Waals surface area contributed by atoms with E-state index >= 15 is 0 Å². The molecule has 5 heteroatoms. The maximum absolute atomic E-state index is 11.3. The highest BCUT2D eigenvalue weighted by Crippen LogP contribution is 2.12. The Morgan fingerprint density at radius 1 is 1.57 bits per heavy atom. The van der Waals surface area contributed by atoms with Gasteiger partial charge in [-0.1, -0.05) is 6.92 Å². The third kappa shape index (κ3) is 3.55. The molecule has 1 rings (SSSR count). The van der Waals surface area contributed by atoms with Crippen LogP contribution in [0.4, 0.5) is 0 Å². The van der Waals surface area contributed by atoms with E-state index in [1.165, 1.54) is 0 Å². The second-order valence-electron chi connectivity index (χ2n) is 3.91. The van der Waals surface area contributed by atoms with Crippen LogP contribution < -0.4 is 5.32 Å². The average molecular weight is 221 g/mol. The first kappa shape index (κ1) is 11.9. The Kier molecular flexibility index (Phi) is 4.34. The van der Waals surface area contributed by atoms with Gasteiger partial charge in [0.1, 0.15) is 0 Å². The fourth-order valence-corrected chi connectivity index (χ4v) is 3.44. The van der Waals surface area contributed by atoms with Crippen LogP contribution in [0.3, 0.4) is 0 Å². The molecule has 0 aromatic carbocycles. The van der Waals surface area contributed by atoms with Crippen LogP contribution in [0, 0.1) is 0 Å². The van der Waals surface area contributed by atoms with E-state index in [2.05, 4.69) is 5.32 Å². The summed E-state index contributed by atoms with van der Waals surface area (Å²) in [7, 11) is -2.84. The summed E-state index contributed by atoms with van der Waals surface area (Å²) in [5.41, 5.74) is 0. The largest absolute Gasteiger partial charge is 0.395 e. The van der Waals surface area contributed by atoms with Crippen molar-refractivity contribution in [3.63, 3.8) is 0 Å². The van der Waals surface area contributed by atoms with Gasteiger partial charge in [-0.15, -0.1) is 0 Å². The second-order valence-corrected chi connectivity index (χ2v) is 6.14. The molecule has 0 radical (unpaired) electrons. The summed E-state index contributed by atoms with van der Waals surface area (Å²) in [6.45, 7) is 2.05. The molecule has 0 aliphatic carbocycles. The van der Waals surface area contributed by atoms with Gasteiger partial charge in [0.05, 0.1) is 18.1 Å². The molecule has 0 aromatic heterocycles. The van der Waals surface area contributed by atoms with E-state index in [1.54, 1.807) is 0 Å². The van der Waals surface area contributed by atoms with E-state index in [9.17, 15) is 8.42 Å². The standard InChI is InChI=1S/C9H19NO3S/c1-2-8(6-11)10-9-4-3-5-14(12,13)7-9/h8-11H,2-7H2,1H3/t8-,9?/m0/s1. The third-order valence-corrected chi connectivity index (χ3v) is 4.47. The van der Waals surface area contributed by atoms with Crippen LogP contribution in [0.15, 0.2) is 0 Å².